The highest BCUT2D eigenvalue weighted by molar-refractivity contribution is 5.41. The largest absolute Gasteiger partial charge is 0.496 e. The average molecular weight is 350 g/mol. The highest BCUT2D eigenvalue weighted by atomic mass is 19.1. The predicted molar refractivity (Wildman–Crippen MR) is 101 cm³/mol. The lowest BCUT2D eigenvalue weighted by Gasteiger charge is -2.31. The Morgan fingerprint density at radius 3 is 2.62 bits per heavy atom. The molecule has 2 aromatic carbocycles. The molecule has 134 valence electrons. The number of para-hydroxylation sites is 1. The van der Waals surface area contributed by atoms with Crippen molar-refractivity contribution in [3.63, 3.8) is 0 Å². The molecule has 0 spiro atoms. The Kier molecular flexibility index (Phi) is 4.76. The fraction of sp³-hybridized carbons (Fsp3) is 0.273. The average Bonchev–Trinajstić information content (AvgIpc) is 3.05. The van der Waals surface area contributed by atoms with E-state index in [2.05, 4.69) is 39.9 Å². The van der Waals surface area contributed by atoms with Gasteiger partial charge >= 0.3 is 0 Å². The third-order valence-corrected chi connectivity index (χ3v) is 5.09. The maximum Gasteiger partial charge on any atom is 0.124 e. The Balaban J connectivity index is 1.76. The van der Waals surface area contributed by atoms with E-state index in [0.717, 1.165) is 37.4 Å². The quantitative estimate of drug-likeness (QED) is 0.682. The number of aryl methyl sites for hydroxylation is 1. The Labute approximate surface area is 153 Å². The van der Waals surface area contributed by atoms with E-state index in [1.807, 2.05) is 24.3 Å². The molecular weight excluding hydrogens is 327 g/mol. The first kappa shape index (κ1) is 16.9. The molecule has 4 heteroatoms. The molecular formula is C22H23FN2O. The molecule has 0 N–H and O–H groups in total. The minimum Gasteiger partial charge on any atom is -0.496 e. The van der Waals surface area contributed by atoms with Crippen molar-refractivity contribution < 1.29 is 9.13 Å². The zero-order valence-electron chi connectivity index (χ0n) is 14.9. The van der Waals surface area contributed by atoms with E-state index in [9.17, 15) is 4.39 Å². The van der Waals surface area contributed by atoms with Crippen molar-refractivity contribution in [2.45, 2.75) is 25.6 Å². The summed E-state index contributed by atoms with van der Waals surface area (Å²) in [5, 5.41) is 0. The second-order valence-corrected chi connectivity index (χ2v) is 6.72. The van der Waals surface area contributed by atoms with Gasteiger partial charge in [0, 0.05) is 37.1 Å². The predicted octanol–water partition coefficient (Wildman–Crippen LogP) is 4.63. The van der Waals surface area contributed by atoms with Gasteiger partial charge in [0.1, 0.15) is 11.6 Å². The van der Waals surface area contributed by atoms with Crippen molar-refractivity contribution in [3.05, 3.63) is 89.5 Å². The van der Waals surface area contributed by atoms with Crippen LogP contribution >= 0.6 is 0 Å². The van der Waals surface area contributed by atoms with Crippen LogP contribution in [0.5, 0.6) is 5.75 Å². The summed E-state index contributed by atoms with van der Waals surface area (Å²) in [4.78, 5) is 2.46. The maximum atomic E-state index is 13.3. The standard InChI is InChI=1S/C22H23FN2O/c1-26-21-8-3-2-6-19(21)22-20-7-4-13-24(20)14-5-15-25(22)16-17-9-11-18(23)12-10-17/h2-4,6-13,22H,5,14-16H2,1H3/t22-/m0/s1. The van der Waals surface area contributed by atoms with Crippen LogP contribution in [0.25, 0.3) is 0 Å². The number of hydrogen-bond acceptors (Lipinski definition) is 2. The molecule has 0 saturated carbocycles. The first-order valence-electron chi connectivity index (χ1n) is 9.03. The molecule has 1 aromatic heterocycles. The Hall–Kier alpha value is -2.59. The zero-order valence-corrected chi connectivity index (χ0v) is 14.9. The van der Waals surface area contributed by atoms with E-state index in [-0.39, 0.29) is 11.9 Å². The summed E-state index contributed by atoms with van der Waals surface area (Å²) < 4.78 is 21.3. The molecule has 3 aromatic rings. The Morgan fingerprint density at radius 1 is 1.00 bits per heavy atom. The summed E-state index contributed by atoms with van der Waals surface area (Å²) >= 11 is 0. The number of nitrogens with zero attached hydrogens (tertiary/aromatic N) is 2. The molecule has 26 heavy (non-hydrogen) atoms. The van der Waals surface area contributed by atoms with E-state index in [0.29, 0.717) is 0 Å². The molecule has 4 rings (SSSR count). The lowest BCUT2D eigenvalue weighted by Crippen LogP contribution is -2.29. The number of ether oxygens (including phenoxy) is 1. The molecule has 0 saturated heterocycles. The van der Waals surface area contributed by atoms with Gasteiger partial charge in [0.25, 0.3) is 0 Å². The Morgan fingerprint density at radius 2 is 1.81 bits per heavy atom. The number of methoxy groups -OCH3 is 1. The SMILES string of the molecule is COc1ccccc1[C@H]1c2cccn2CCCN1Cc1ccc(F)cc1. The smallest absolute Gasteiger partial charge is 0.124 e. The molecule has 1 aliphatic heterocycles. The molecule has 2 heterocycles. The van der Waals surface area contributed by atoms with Gasteiger partial charge in [-0.1, -0.05) is 30.3 Å². The summed E-state index contributed by atoms with van der Waals surface area (Å²) in [5.74, 6) is 0.705. The molecule has 0 amide bonds. The molecule has 0 bridgehead atoms. The van der Waals surface area contributed by atoms with E-state index >= 15 is 0 Å². The monoisotopic (exact) mass is 350 g/mol. The third kappa shape index (κ3) is 3.25. The van der Waals surface area contributed by atoms with Gasteiger partial charge in [-0.15, -0.1) is 0 Å². The molecule has 0 fully saturated rings. The minimum atomic E-state index is -0.195. The Bertz CT molecular complexity index is 872. The fourth-order valence-electron chi connectivity index (χ4n) is 3.88. The molecule has 1 atom stereocenters. The van der Waals surface area contributed by atoms with E-state index < -0.39 is 0 Å². The number of halogens is 1. The van der Waals surface area contributed by atoms with Crippen LogP contribution in [0.15, 0.2) is 66.9 Å². The normalized spacial score (nSPS) is 17.5. The number of benzene rings is 2. The second kappa shape index (κ2) is 7.34. The van der Waals surface area contributed by atoms with Crippen LogP contribution in [-0.2, 0) is 13.1 Å². The van der Waals surface area contributed by atoms with Crippen molar-refractivity contribution in [1.29, 1.82) is 0 Å². The first-order chi connectivity index (χ1) is 12.8. The van der Waals surface area contributed by atoms with Gasteiger partial charge in [-0.05, 0) is 42.3 Å². The lowest BCUT2D eigenvalue weighted by molar-refractivity contribution is 0.216. The number of hydrogen-bond donors (Lipinski definition) is 0. The summed E-state index contributed by atoms with van der Waals surface area (Å²) in [5.41, 5.74) is 3.55. The van der Waals surface area contributed by atoms with Crippen LogP contribution in [0.4, 0.5) is 4.39 Å². The van der Waals surface area contributed by atoms with Crippen molar-refractivity contribution in [1.82, 2.24) is 9.47 Å². The summed E-state index contributed by atoms with van der Waals surface area (Å²) in [6.07, 6.45) is 3.23. The van der Waals surface area contributed by atoms with Crippen molar-refractivity contribution in [2.75, 3.05) is 13.7 Å². The van der Waals surface area contributed by atoms with Crippen molar-refractivity contribution in [2.24, 2.45) is 0 Å². The van der Waals surface area contributed by atoms with Crippen LogP contribution in [0.1, 0.15) is 29.3 Å². The maximum absolute atomic E-state index is 13.3. The van der Waals surface area contributed by atoms with E-state index in [1.54, 1.807) is 7.11 Å². The molecule has 1 aliphatic rings. The van der Waals surface area contributed by atoms with Crippen molar-refractivity contribution >= 4 is 0 Å². The first-order valence-corrected chi connectivity index (χ1v) is 9.03. The van der Waals surface area contributed by atoms with E-state index in [4.69, 9.17) is 4.74 Å². The van der Waals surface area contributed by atoms with Crippen LogP contribution < -0.4 is 4.74 Å². The second-order valence-electron chi connectivity index (χ2n) is 6.72. The topological polar surface area (TPSA) is 17.4 Å². The fourth-order valence-corrected chi connectivity index (χ4v) is 3.88. The summed E-state index contributed by atoms with van der Waals surface area (Å²) in [6.45, 7) is 2.75. The van der Waals surface area contributed by atoms with E-state index in [1.165, 1.54) is 23.4 Å². The van der Waals surface area contributed by atoms with Crippen molar-refractivity contribution in [3.8, 4) is 5.75 Å². The third-order valence-electron chi connectivity index (χ3n) is 5.09. The summed E-state index contributed by atoms with van der Waals surface area (Å²) in [6, 6.07) is 19.5. The van der Waals surface area contributed by atoms with Crippen LogP contribution in [0, 0.1) is 5.82 Å². The molecule has 0 radical (unpaired) electrons. The number of aromatic nitrogens is 1. The molecule has 3 nitrogen and oxygen atoms in total. The van der Waals surface area contributed by atoms with Gasteiger partial charge in [0.15, 0.2) is 0 Å². The minimum absolute atomic E-state index is 0.105. The summed E-state index contributed by atoms with van der Waals surface area (Å²) in [7, 11) is 1.72. The molecule has 0 aliphatic carbocycles. The molecule has 0 unspecified atom stereocenters. The number of rotatable bonds is 4. The van der Waals surface area contributed by atoms with Gasteiger partial charge in [0.2, 0.25) is 0 Å². The van der Waals surface area contributed by atoms with Gasteiger partial charge in [-0.25, -0.2) is 4.39 Å². The van der Waals surface area contributed by atoms with Gasteiger partial charge < -0.3 is 9.30 Å². The highest BCUT2D eigenvalue weighted by Gasteiger charge is 2.29. The van der Waals surface area contributed by atoms with Crippen LogP contribution in [-0.4, -0.2) is 23.1 Å². The van der Waals surface area contributed by atoms with Gasteiger partial charge in [-0.3, -0.25) is 4.90 Å². The highest BCUT2D eigenvalue weighted by Crippen LogP contribution is 2.37. The number of fused-ring (bicyclic) bond motifs is 1. The zero-order chi connectivity index (χ0) is 17.9. The lowest BCUT2D eigenvalue weighted by atomic mass is 10.00. The van der Waals surface area contributed by atoms with Crippen LogP contribution in [0.3, 0.4) is 0 Å². The van der Waals surface area contributed by atoms with Gasteiger partial charge in [-0.2, -0.15) is 0 Å². The van der Waals surface area contributed by atoms with Gasteiger partial charge in [0.05, 0.1) is 13.2 Å². The van der Waals surface area contributed by atoms with Crippen LogP contribution in [0.2, 0.25) is 0 Å².